The van der Waals surface area contributed by atoms with Crippen LogP contribution in [0, 0.1) is 30.6 Å². The van der Waals surface area contributed by atoms with Crippen LogP contribution in [0.1, 0.15) is 51.7 Å². The summed E-state index contributed by atoms with van der Waals surface area (Å²) in [6.45, 7) is 4.70. The number of pyridine rings is 1. The second-order valence-corrected chi connectivity index (χ2v) is 12.8. The average Bonchev–Trinajstić information content (AvgIpc) is 3.82. The highest BCUT2D eigenvalue weighted by Gasteiger charge is 2.39. The van der Waals surface area contributed by atoms with E-state index in [4.69, 9.17) is 24.6 Å². The van der Waals surface area contributed by atoms with E-state index in [0.29, 0.717) is 35.8 Å². The molecule has 2 aliphatic rings. The maximum Gasteiger partial charge on any atom is 0.251 e. The quantitative estimate of drug-likeness (QED) is 0.0744. The van der Waals surface area contributed by atoms with Gasteiger partial charge in [-0.05, 0) is 74.5 Å². The Morgan fingerprint density at radius 3 is 2.04 bits per heavy atom. The third-order valence-electron chi connectivity index (χ3n) is 9.03. The molecule has 2 fully saturated rings. The van der Waals surface area contributed by atoms with E-state index in [-0.39, 0.29) is 37.7 Å². The molecule has 1 saturated carbocycles. The summed E-state index contributed by atoms with van der Waals surface area (Å²) in [5, 5.41) is 24.0. The molecule has 4 amide bonds. The molecule has 0 bridgehead atoms. The lowest BCUT2D eigenvalue weighted by Gasteiger charge is -2.18. The Morgan fingerprint density at radius 2 is 1.40 bits per heavy atom. The van der Waals surface area contributed by atoms with Crippen LogP contribution >= 0.6 is 0 Å². The van der Waals surface area contributed by atoms with Gasteiger partial charge in [-0.1, -0.05) is 24.1 Å². The maximum absolute atomic E-state index is 12.6. The summed E-state index contributed by atoms with van der Waals surface area (Å²) < 4.78 is 16.5. The minimum absolute atomic E-state index is 0.00667. The number of ether oxygens (including phenoxy) is 3. The van der Waals surface area contributed by atoms with E-state index >= 15 is 0 Å². The number of carbonyl (C=O) groups is 5. The molecule has 3 aromatic carbocycles. The summed E-state index contributed by atoms with van der Waals surface area (Å²) in [5.41, 5.74) is 6.81. The van der Waals surface area contributed by atoms with Crippen molar-refractivity contribution in [3.63, 3.8) is 0 Å². The molecule has 286 valence electrons. The molecule has 55 heavy (non-hydrogen) atoms. The van der Waals surface area contributed by atoms with Crippen LogP contribution in [-0.4, -0.2) is 76.7 Å². The second kappa shape index (κ2) is 19.1. The number of aryl methyl sites for hydroxylation is 1. The molecule has 1 aromatic heterocycles. The number of hydrogen-bond donors (Lipinski definition) is 6. The largest absolute Gasteiger partial charge is 0.489 e. The summed E-state index contributed by atoms with van der Waals surface area (Å²) in [7, 11) is 0. The molecular weight excluding hydrogens is 710 g/mol. The van der Waals surface area contributed by atoms with Gasteiger partial charge in [0.25, 0.3) is 17.7 Å². The van der Waals surface area contributed by atoms with Crippen molar-refractivity contribution < 1.29 is 48.6 Å². The Hall–Kier alpha value is -6.34. The first-order valence-electron chi connectivity index (χ1n) is 17.4. The fraction of sp³-hybridized carbons (Fsp3) is 0.300. The van der Waals surface area contributed by atoms with Crippen molar-refractivity contribution >= 4 is 40.3 Å². The summed E-state index contributed by atoms with van der Waals surface area (Å²) in [5.74, 6) is 3.23. The zero-order valence-corrected chi connectivity index (χ0v) is 30.2. The monoisotopic (exact) mass is 751 g/mol. The van der Waals surface area contributed by atoms with Crippen molar-refractivity contribution in [3.05, 3.63) is 101 Å². The second-order valence-electron chi connectivity index (χ2n) is 12.8. The number of hydroxylamine groups is 2. The zero-order chi connectivity index (χ0) is 39.3. The van der Waals surface area contributed by atoms with Gasteiger partial charge in [0.05, 0.1) is 36.6 Å². The van der Waals surface area contributed by atoms with Crippen LogP contribution in [0.3, 0.4) is 0 Å². The fourth-order valence-electron chi connectivity index (χ4n) is 6.18. The molecule has 2 heterocycles. The van der Waals surface area contributed by atoms with Gasteiger partial charge in [-0.2, -0.15) is 0 Å². The van der Waals surface area contributed by atoms with Crippen molar-refractivity contribution in [1.82, 2.24) is 26.6 Å². The smallest absolute Gasteiger partial charge is 0.251 e. The molecule has 0 unspecified atom stereocenters. The van der Waals surface area contributed by atoms with Crippen LogP contribution in [0.2, 0.25) is 0 Å². The Bertz CT molecular complexity index is 2080. The van der Waals surface area contributed by atoms with Gasteiger partial charge in [0.1, 0.15) is 30.5 Å². The lowest BCUT2D eigenvalue weighted by Crippen LogP contribution is -2.45. The predicted octanol–water partition coefficient (Wildman–Crippen LogP) is 3.04. The van der Waals surface area contributed by atoms with Crippen molar-refractivity contribution in [2.24, 2.45) is 11.8 Å². The van der Waals surface area contributed by atoms with Gasteiger partial charge in [0, 0.05) is 46.7 Å². The third-order valence-corrected chi connectivity index (χ3v) is 9.03. The Kier molecular flexibility index (Phi) is 13.9. The van der Waals surface area contributed by atoms with Crippen molar-refractivity contribution in [1.29, 1.82) is 0 Å². The maximum atomic E-state index is 12.6. The van der Waals surface area contributed by atoms with Gasteiger partial charge in [-0.15, -0.1) is 5.92 Å². The van der Waals surface area contributed by atoms with Crippen LogP contribution < -0.4 is 31.1 Å². The number of Topliss-reactive ketones (excluding diaryl/α,β-unsaturated/α-hetero) is 1. The first-order valence-corrected chi connectivity index (χ1v) is 17.4. The number of ketones is 1. The zero-order valence-electron chi connectivity index (χ0n) is 30.2. The van der Waals surface area contributed by atoms with E-state index in [2.05, 4.69) is 27.5 Å². The molecule has 1 aliphatic carbocycles. The topological polar surface area (TPSA) is 215 Å². The fourth-order valence-corrected chi connectivity index (χ4v) is 6.18. The van der Waals surface area contributed by atoms with Gasteiger partial charge < -0.3 is 24.8 Å². The van der Waals surface area contributed by atoms with Gasteiger partial charge >= 0.3 is 0 Å². The van der Waals surface area contributed by atoms with Crippen LogP contribution in [0.4, 0.5) is 0 Å². The van der Waals surface area contributed by atoms with Gasteiger partial charge in [-0.3, -0.25) is 39.4 Å². The number of nitrogens with zero attached hydrogens (tertiary/aromatic N) is 1. The van der Waals surface area contributed by atoms with Crippen molar-refractivity contribution in [2.45, 2.75) is 45.4 Å². The molecule has 0 spiro atoms. The normalized spacial score (nSPS) is 18.5. The van der Waals surface area contributed by atoms with Gasteiger partial charge in [0.15, 0.2) is 0 Å². The molecule has 15 nitrogen and oxygen atoms in total. The number of para-hydroxylation sites is 1. The minimum Gasteiger partial charge on any atom is -0.489 e. The average molecular weight is 752 g/mol. The standard InChI is InChI=1S/C24H23N3O5.C16H18N2O5/c1-14-10-16(19-4-2-3-5-21(19)25-14)13-32-18-8-6-15(7-9-18)23(29)26-22-12-17(28)11-20(22)24(30)27-31;1-2-3-8-23-12-6-4-11(5-7-12)15(19)17-14-10-22-9-13(14)16(20)18-21/h2-10,20,22,31H,11-13H2,1H3,(H,26,29)(H,27,30);4-7,13-14,21H,8-10H2,1H3,(H,17,19)(H,18,20)/t20-,22+;13-,14+/m00/s1. The molecular formula is C40H41N5O10. The number of hydrogen-bond acceptors (Lipinski definition) is 11. The van der Waals surface area contributed by atoms with E-state index < -0.39 is 41.6 Å². The van der Waals surface area contributed by atoms with Crippen LogP contribution in [0.5, 0.6) is 11.5 Å². The van der Waals surface area contributed by atoms with Gasteiger partial charge in [-0.25, -0.2) is 11.0 Å². The number of fused-ring (bicyclic) bond motifs is 1. The minimum atomic E-state index is -0.780. The molecule has 15 heteroatoms. The Morgan fingerprint density at radius 1 is 0.800 bits per heavy atom. The molecule has 6 N–H and O–H groups in total. The van der Waals surface area contributed by atoms with E-state index in [0.717, 1.165) is 22.2 Å². The van der Waals surface area contributed by atoms with E-state index in [9.17, 15) is 24.0 Å². The number of nitrogens with one attached hydrogen (secondary N) is 4. The molecule has 4 aromatic rings. The Labute approximate surface area is 316 Å². The van der Waals surface area contributed by atoms with Crippen molar-refractivity contribution in [3.8, 4) is 23.3 Å². The van der Waals surface area contributed by atoms with Crippen LogP contribution in [0.15, 0.2) is 78.9 Å². The number of carbonyl (C=O) groups excluding carboxylic acids is 5. The first-order chi connectivity index (χ1) is 26.6. The summed E-state index contributed by atoms with van der Waals surface area (Å²) in [6.07, 6.45) is 0.0532. The third kappa shape index (κ3) is 10.6. The Balaban J connectivity index is 0.000000223. The van der Waals surface area contributed by atoms with Crippen molar-refractivity contribution in [2.75, 3.05) is 19.8 Å². The molecule has 6 rings (SSSR count). The number of rotatable bonds is 11. The first kappa shape index (κ1) is 39.9. The lowest BCUT2D eigenvalue weighted by atomic mass is 10.0. The summed E-state index contributed by atoms with van der Waals surface area (Å²) in [6, 6.07) is 22.0. The van der Waals surface area contributed by atoms with Crippen LogP contribution in [-0.2, 0) is 25.7 Å². The highest BCUT2D eigenvalue weighted by molar-refractivity contribution is 5.97. The lowest BCUT2D eigenvalue weighted by molar-refractivity contribution is -0.134. The summed E-state index contributed by atoms with van der Waals surface area (Å²) >= 11 is 0. The van der Waals surface area contributed by atoms with Gasteiger partial charge in [0.2, 0.25) is 5.91 Å². The summed E-state index contributed by atoms with van der Waals surface area (Å²) in [4.78, 5) is 64.2. The highest BCUT2D eigenvalue weighted by Crippen LogP contribution is 2.25. The molecule has 4 atom stereocenters. The predicted molar refractivity (Wildman–Crippen MR) is 197 cm³/mol. The highest BCUT2D eigenvalue weighted by atomic mass is 16.5. The molecule has 1 saturated heterocycles. The number of benzene rings is 3. The van der Waals surface area contributed by atoms with E-state index in [1.807, 2.05) is 37.3 Å². The molecule has 0 radical (unpaired) electrons. The molecule has 1 aliphatic heterocycles. The SMILES string of the molecule is CC#CCOc1ccc(C(=O)N[C@@H]2COC[C@@H]2C(=O)NO)cc1.Cc1cc(COc2ccc(C(=O)N[C@@H]3CC(=O)C[C@@H]3C(=O)NO)cc2)c2ccccc2n1. The number of aromatic nitrogens is 1. The van der Waals surface area contributed by atoms with E-state index in [1.165, 1.54) is 0 Å². The van der Waals surface area contributed by atoms with E-state index in [1.54, 1.807) is 66.4 Å². The number of amides is 4. The van der Waals surface area contributed by atoms with Crippen LogP contribution in [0.25, 0.3) is 10.9 Å².